The number of nitrogens with zero attached hydrogens (tertiary/aromatic N) is 1. The van der Waals surface area contributed by atoms with Crippen molar-refractivity contribution in [3.8, 4) is 5.75 Å². The van der Waals surface area contributed by atoms with Crippen LogP contribution in [-0.4, -0.2) is 38.4 Å². The molecule has 110 valence electrons. The van der Waals surface area contributed by atoms with Gasteiger partial charge in [0.15, 0.2) is 5.78 Å². The highest BCUT2D eigenvalue weighted by atomic mass is 35.5. The maximum absolute atomic E-state index is 12.2. The molecule has 1 aliphatic carbocycles. The van der Waals surface area contributed by atoms with Crippen LogP contribution in [0.15, 0.2) is 36.4 Å². The molecule has 0 heterocycles. The summed E-state index contributed by atoms with van der Waals surface area (Å²) in [4.78, 5) is 14.4. The Balaban J connectivity index is 0.00000200. The van der Waals surface area contributed by atoms with E-state index >= 15 is 0 Å². The Labute approximate surface area is 127 Å². The third kappa shape index (κ3) is 3.84. The maximum atomic E-state index is 12.2. The van der Waals surface area contributed by atoms with Crippen LogP contribution in [0.1, 0.15) is 17.9 Å². The van der Waals surface area contributed by atoms with E-state index in [-0.39, 0.29) is 24.1 Å². The number of carbonyl (C=O) groups is 1. The van der Waals surface area contributed by atoms with Gasteiger partial charge in [-0.15, -0.1) is 12.4 Å². The zero-order valence-corrected chi connectivity index (χ0v) is 13.0. The fraction of sp³-hybridized carbons (Fsp3) is 0.438. The summed E-state index contributed by atoms with van der Waals surface area (Å²) in [5.74, 6) is 1.29. The summed E-state index contributed by atoms with van der Waals surface area (Å²) in [5.41, 5.74) is 1.06. The van der Waals surface area contributed by atoms with Crippen molar-refractivity contribution in [2.45, 2.75) is 12.3 Å². The first kappa shape index (κ1) is 16.7. The van der Waals surface area contributed by atoms with Gasteiger partial charge in [0.05, 0.1) is 13.0 Å². The molecule has 0 aromatic heterocycles. The highest BCUT2D eigenvalue weighted by molar-refractivity contribution is 5.96. The molecule has 2 unspecified atom stereocenters. The number of methoxy groups -OCH3 is 1. The number of carbonyl (C=O) groups excluding carboxylic acids is 1. The van der Waals surface area contributed by atoms with E-state index in [4.69, 9.17) is 4.74 Å². The summed E-state index contributed by atoms with van der Waals surface area (Å²) in [7, 11) is 5.75. The van der Waals surface area contributed by atoms with Crippen molar-refractivity contribution in [3.63, 3.8) is 0 Å². The lowest BCUT2D eigenvalue weighted by atomic mass is 9.77. The molecular formula is C16H22ClNO2. The molecule has 0 spiro atoms. The van der Waals surface area contributed by atoms with Gasteiger partial charge in [-0.3, -0.25) is 4.79 Å². The first-order valence-electron chi connectivity index (χ1n) is 6.61. The third-order valence-electron chi connectivity index (χ3n) is 3.55. The van der Waals surface area contributed by atoms with Crippen molar-refractivity contribution in [2.75, 3.05) is 27.7 Å². The number of hydrogen-bond acceptors (Lipinski definition) is 3. The van der Waals surface area contributed by atoms with Gasteiger partial charge >= 0.3 is 0 Å². The number of ether oxygens (including phenoxy) is 1. The molecule has 1 aromatic carbocycles. The van der Waals surface area contributed by atoms with Crippen LogP contribution in [0.25, 0.3) is 0 Å². The van der Waals surface area contributed by atoms with Gasteiger partial charge in [-0.05, 0) is 50.2 Å². The predicted octanol–water partition coefficient (Wildman–Crippen LogP) is 2.91. The molecular weight excluding hydrogens is 274 g/mol. The van der Waals surface area contributed by atoms with Crippen molar-refractivity contribution in [3.05, 3.63) is 42.0 Å². The summed E-state index contributed by atoms with van der Waals surface area (Å²) in [5, 5.41) is 0. The second-order valence-electron chi connectivity index (χ2n) is 5.32. The molecule has 1 aromatic rings. The Morgan fingerprint density at radius 1 is 1.35 bits per heavy atom. The lowest BCUT2D eigenvalue weighted by Gasteiger charge is -2.30. The molecule has 2 rings (SSSR count). The average molecular weight is 296 g/mol. The summed E-state index contributed by atoms with van der Waals surface area (Å²) >= 11 is 0. The molecule has 1 aliphatic rings. The summed E-state index contributed by atoms with van der Waals surface area (Å²) in [6, 6.07) is 7.86. The van der Waals surface area contributed by atoms with Crippen LogP contribution >= 0.6 is 12.4 Å². The predicted molar refractivity (Wildman–Crippen MR) is 83.8 cm³/mol. The van der Waals surface area contributed by atoms with Crippen LogP contribution in [0.4, 0.5) is 0 Å². The van der Waals surface area contributed by atoms with Crippen LogP contribution in [-0.2, 0) is 4.79 Å². The van der Waals surface area contributed by atoms with Gasteiger partial charge in [0.25, 0.3) is 0 Å². The van der Waals surface area contributed by atoms with Crippen LogP contribution in [0.5, 0.6) is 5.75 Å². The van der Waals surface area contributed by atoms with Gasteiger partial charge in [-0.1, -0.05) is 18.2 Å². The van der Waals surface area contributed by atoms with Crippen LogP contribution in [0.3, 0.4) is 0 Å². The molecule has 0 fully saturated rings. The minimum Gasteiger partial charge on any atom is -0.497 e. The topological polar surface area (TPSA) is 29.5 Å². The molecule has 0 saturated heterocycles. The van der Waals surface area contributed by atoms with Gasteiger partial charge in [-0.25, -0.2) is 0 Å². The second kappa shape index (κ2) is 7.46. The number of benzene rings is 1. The Kier molecular flexibility index (Phi) is 6.24. The minimum absolute atomic E-state index is 0. The molecule has 4 heteroatoms. The van der Waals surface area contributed by atoms with Gasteiger partial charge in [0.1, 0.15) is 5.75 Å². The first-order chi connectivity index (χ1) is 9.11. The monoisotopic (exact) mass is 295 g/mol. The fourth-order valence-corrected chi connectivity index (χ4v) is 2.75. The van der Waals surface area contributed by atoms with Crippen molar-refractivity contribution in [1.29, 1.82) is 0 Å². The standard InChI is InChI=1S/C16H21NO2.ClH/c1-17(2)11-13-7-5-9-15(18)16(13)12-6-4-8-14(10-12)19-3;/h4-6,8-10,13,16H,7,11H2,1-3H3;1H. The summed E-state index contributed by atoms with van der Waals surface area (Å²) in [6.07, 6.45) is 4.66. The zero-order valence-electron chi connectivity index (χ0n) is 12.2. The number of ketones is 1. The smallest absolute Gasteiger partial charge is 0.163 e. The van der Waals surface area contributed by atoms with Crippen LogP contribution in [0.2, 0.25) is 0 Å². The van der Waals surface area contributed by atoms with Crippen LogP contribution < -0.4 is 4.74 Å². The molecule has 2 atom stereocenters. The van der Waals surface area contributed by atoms with Gasteiger partial charge in [0, 0.05) is 6.54 Å². The molecule has 3 nitrogen and oxygen atoms in total. The number of rotatable bonds is 4. The first-order valence-corrected chi connectivity index (χ1v) is 6.61. The van der Waals surface area contributed by atoms with Gasteiger partial charge in [0.2, 0.25) is 0 Å². The molecule has 0 saturated carbocycles. The Morgan fingerprint density at radius 2 is 2.10 bits per heavy atom. The lowest BCUT2D eigenvalue weighted by Crippen LogP contribution is -2.31. The van der Waals surface area contributed by atoms with E-state index in [0.717, 1.165) is 24.3 Å². The number of halogens is 1. The zero-order chi connectivity index (χ0) is 13.8. The average Bonchev–Trinajstić information content (AvgIpc) is 2.38. The number of hydrogen-bond donors (Lipinski definition) is 0. The van der Waals surface area contributed by atoms with E-state index in [2.05, 4.69) is 4.90 Å². The molecule has 0 radical (unpaired) electrons. The summed E-state index contributed by atoms with van der Waals surface area (Å²) < 4.78 is 5.26. The maximum Gasteiger partial charge on any atom is 0.163 e. The van der Waals surface area contributed by atoms with Gasteiger partial charge in [-0.2, -0.15) is 0 Å². The Hall–Kier alpha value is -1.32. The fourth-order valence-electron chi connectivity index (χ4n) is 2.75. The largest absolute Gasteiger partial charge is 0.497 e. The van der Waals surface area contributed by atoms with Crippen molar-refractivity contribution >= 4 is 18.2 Å². The summed E-state index contributed by atoms with van der Waals surface area (Å²) in [6.45, 7) is 0.915. The second-order valence-corrected chi connectivity index (χ2v) is 5.32. The van der Waals surface area contributed by atoms with E-state index in [1.54, 1.807) is 13.2 Å². The van der Waals surface area contributed by atoms with Crippen molar-refractivity contribution in [2.24, 2.45) is 5.92 Å². The van der Waals surface area contributed by atoms with E-state index in [0.29, 0.717) is 5.92 Å². The molecule has 0 N–H and O–H groups in total. The molecule has 0 aliphatic heterocycles. The molecule has 0 amide bonds. The minimum atomic E-state index is -0.0532. The third-order valence-corrected chi connectivity index (χ3v) is 3.55. The van der Waals surface area contributed by atoms with E-state index in [1.807, 2.05) is 44.4 Å². The number of allylic oxidation sites excluding steroid dienone is 2. The highest BCUT2D eigenvalue weighted by Crippen LogP contribution is 2.34. The van der Waals surface area contributed by atoms with Crippen molar-refractivity contribution < 1.29 is 9.53 Å². The molecule has 0 bridgehead atoms. The van der Waals surface area contributed by atoms with E-state index in [1.165, 1.54) is 0 Å². The van der Waals surface area contributed by atoms with Crippen molar-refractivity contribution in [1.82, 2.24) is 4.90 Å². The van der Waals surface area contributed by atoms with Gasteiger partial charge < -0.3 is 9.64 Å². The lowest BCUT2D eigenvalue weighted by molar-refractivity contribution is -0.117. The van der Waals surface area contributed by atoms with E-state index in [9.17, 15) is 4.79 Å². The Bertz CT molecular complexity index is 485. The van der Waals surface area contributed by atoms with E-state index < -0.39 is 0 Å². The SMILES string of the molecule is COc1cccc(C2C(=O)C=CCC2CN(C)C)c1.Cl. The Morgan fingerprint density at radius 3 is 2.75 bits per heavy atom. The normalized spacial score (nSPS) is 21.7. The van der Waals surface area contributed by atoms with Crippen LogP contribution in [0, 0.1) is 5.92 Å². The molecule has 20 heavy (non-hydrogen) atoms. The highest BCUT2D eigenvalue weighted by Gasteiger charge is 2.30. The quantitative estimate of drug-likeness (QED) is 0.855.